The van der Waals surface area contributed by atoms with Crippen molar-refractivity contribution < 1.29 is 13.9 Å². The third-order valence-electron chi connectivity index (χ3n) is 5.53. The van der Waals surface area contributed by atoms with Crippen LogP contribution in [0.25, 0.3) is 11.0 Å². The van der Waals surface area contributed by atoms with Crippen molar-refractivity contribution in [3.05, 3.63) is 75.1 Å². The van der Waals surface area contributed by atoms with Crippen LogP contribution in [0.1, 0.15) is 66.4 Å². The summed E-state index contributed by atoms with van der Waals surface area (Å²) >= 11 is 0. The number of carbonyl (C=O) groups excluding carboxylic acids is 1. The lowest BCUT2D eigenvalue weighted by molar-refractivity contribution is 0.0728. The van der Waals surface area contributed by atoms with E-state index in [0.29, 0.717) is 29.7 Å². The van der Waals surface area contributed by atoms with Crippen LogP contribution >= 0.6 is 0 Å². The lowest BCUT2D eigenvalue weighted by Crippen LogP contribution is -2.30. The fourth-order valence-electron chi connectivity index (χ4n) is 4.06. The molecule has 0 bridgehead atoms. The second kappa shape index (κ2) is 8.34. The van der Waals surface area contributed by atoms with Crippen molar-refractivity contribution in [2.45, 2.75) is 46.1 Å². The molecule has 5 heteroatoms. The first kappa shape index (κ1) is 20.2. The van der Waals surface area contributed by atoms with E-state index in [1.807, 2.05) is 50.2 Å². The van der Waals surface area contributed by atoms with Crippen LogP contribution in [-0.4, -0.2) is 24.0 Å². The molecular weight excluding hydrogens is 378 g/mol. The van der Waals surface area contributed by atoms with E-state index in [1.54, 1.807) is 11.0 Å². The molecule has 5 nitrogen and oxygen atoms in total. The molecule has 1 aromatic heterocycles. The quantitative estimate of drug-likeness (QED) is 0.505. The van der Waals surface area contributed by atoms with Crippen molar-refractivity contribution >= 4 is 16.9 Å². The number of aryl methyl sites for hydroxylation is 1. The molecule has 1 unspecified atom stereocenters. The van der Waals surface area contributed by atoms with Crippen LogP contribution in [0.4, 0.5) is 0 Å². The van der Waals surface area contributed by atoms with Crippen LogP contribution < -0.4 is 10.2 Å². The highest BCUT2D eigenvalue weighted by molar-refractivity contribution is 5.99. The number of benzene rings is 2. The van der Waals surface area contributed by atoms with Crippen molar-refractivity contribution in [1.82, 2.24) is 4.90 Å². The molecule has 0 saturated carbocycles. The van der Waals surface area contributed by atoms with E-state index < -0.39 is 6.04 Å². The Kier molecular flexibility index (Phi) is 5.62. The summed E-state index contributed by atoms with van der Waals surface area (Å²) in [7, 11) is 0. The maximum absolute atomic E-state index is 13.5. The third-order valence-corrected chi connectivity index (χ3v) is 5.53. The highest BCUT2D eigenvalue weighted by atomic mass is 16.5. The number of hydrogen-bond acceptors (Lipinski definition) is 4. The van der Waals surface area contributed by atoms with Crippen molar-refractivity contribution in [3.8, 4) is 5.75 Å². The van der Waals surface area contributed by atoms with E-state index >= 15 is 0 Å². The standard InChI is InChI=1S/C25H27NO4/c1-4-6-13-29-18-9-7-8-17(15-18)22-21-23(27)19-14-16(3)10-11-20(19)30-24(21)25(28)26(22)12-5-2/h7-11,14-15,22H,4-6,12-13H2,1-3H3. The zero-order valence-corrected chi connectivity index (χ0v) is 17.7. The summed E-state index contributed by atoms with van der Waals surface area (Å²) in [4.78, 5) is 28.4. The van der Waals surface area contributed by atoms with E-state index in [4.69, 9.17) is 9.15 Å². The topological polar surface area (TPSA) is 59.8 Å². The Morgan fingerprint density at radius 2 is 1.90 bits per heavy atom. The zero-order chi connectivity index (χ0) is 21.3. The molecule has 4 rings (SSSR count). The molecule has 30 heavy (non-hydrogen) atoms. The maximum Gasteiger partial charge on any atom is 0.290 e. The molecule has 1 atom stereocenters. The van der Waals surface area contributed by atoms with Gasteiger partial charge >= 0.3 is 0 Å². The first-order valence-corrected chi connectivity index (χ1v) is 10.7. The molecule has 1 aliphatic heterocycles. The van der Waals surface area contributed by atoms with Gasteiger partial charge in [-0.2, -0.15) is 0 Å². The molecule has 0 N–H and O–H groups in total. The van der Waals surface area contributed by atoms with Gasteiger partial charge in [0.25, 0.3) is 5.91 Å². The number of amides is 1. The predicted molar refractivity (Wildman–Crippen MR) is 117 cm³/mol. The largest absolute Gasteiger partial charge is 0.494 e. The average Bonchev–Trinajstić information content (AvgIpc) is 3.02. The van der Waals surface area contributed by atoms with Crippen LogP contribution in [0.2, 0.25) is 0 Å². The lowest BCUT2D eigenvalue weighted by Gasteiger charge is -2.25. The lowest BCUT2D eigenvalue weighted by atomic mass is 9.98. The van der Waals surface area contributed by atoms with E-state index in [9.17, 15) is 9.59 Å². The zero-order valence-electron chi connectivity index (χ0n) is 17.7. The van der Waals surface area contributed by atoms with Gasteiger partial charge in [0.15, 0.2) is 5.43 Å². The van der Waals surface area contributed by atoms with Crippen molar-refractivity contribution in [1.29, 1.82) is 0 Å². The van der Waals surface area contributed by atoms with Crippen LogP contribution in [0, 0.1) is 6.92 Å². The number of ether oxygens (including phenoxy) is 1. The van der Waals surface area contributed by atoms with Crippen molar-refractivity contribution in [2.75, 3.05) is 13.2 Å². The van der Waals surface area contributed by atoms with Crippen LogP contribution in [0.3, 0.4) is 0 Å². The normalized spacial score (nSPS) is 15.6. The highest BCUT2D eigenvalue weighted by Gasteiger charge is 2.42. The smallest absolute Gasteiger partial charge is 0.290 e. The fraction of sp³-hybridized carbons (Fsp3) is 0.360. The van der Waals surface area contributed by atoms with Gasteiger partial charge in [-0.15, -0.1) is 0 Å². The van der Waals surface area contributed by atoms with Gasteiger partial charge in [0.05, 0.1) is 23.6 Å². The van der Waals surface area contributed by atoms with Crippen LogP contribution in [0.5, 0.6) is 5.75 Å². The Labute approximate surface area is 176 Å². The van der Waals surface area contributed by atoms with Crippen LogP contribution in [-0.2, 0) is 0 Å². The van der Waals surface area contributed by atoms with Crippen molar-refractivity contribution in [3.63, 3.8) is 0 Å². The molecule has 3 aromatic rings. The molecule has 0 spiro atoms. The van der Waals surface area contributed by atoms with Gasteiger partial charge in [0.2, 0.25) is 5.76 Å². The predicted octanol–water partition coefficient (Wildman–Crippen LogP) is 5.24. The first-order chi connectivity index (χ1) is 14.5. The molecule has 1 amide bonds. The molecule has 2 aromatic carbocycles. The molecular formula is C25H27NO4. The number of carbonyl (C=O) groups is 1. The van der Waals surface area contributed by atoms with E-state index in [0.717, 1.165) is 36.1 Å². The van der Waals surface area contributed by atoms with Gasteiger partial charge in [-0.25, -0.2) is 0 Å². The Hall–Kier alpha value is -3.08. The van der Waals surface area contributed by atoms with E-state index in [1.165, 1.54) is 0 Å². The average molecular weight is 405 g/mol. The monoisotopic (exact) mass is 405 g/mol. The van der Waals surface area contributed by atoms with Crippen molar-refractivity contribution in [2.24, 2.45) is 0 Å². The molecule has 1 aliphatic rings. The van der Waals surface area contributed by atoms with Gasteiger partial charge in [-0.05, 0) is 49.6 Å². The molecule has 2 heterocycles. The van der Waals surface area contributed by atoms with Gasteiger partial charge in [0, 0.05) is 6.54 Å². The number of unbranched alkanes of at least 4 members (excludes halogenated alkanes) is 1. The van der Waals surface area contributed by atoms with Gasteiger partial charge in [0.1, 0.15) is 11.3 Å². The second-order valence-corrected chi connectivity index (χ2v) is 7.85. The summed E-state index contributed by atoms with van der Waals surface area (Å²) in [5.41, 5.74) is 2.59. The van der Waals surface area contributed by atoms with E-state index in [2.05, 4.69) is 6.92 Å². The Bertz CT molecular complexity index is 1150. The fourth-order valence-corrected chi connectivity index (χ4v) is 4.06. The Balaban J connectivity index is 1.86. The number of nitrogens with zero attached hydrogens (tertiary/aromatic N) is 1. The minimum atomic E-state index is -0.469. The number of rotatable bonds is 7. The second-order valence-electron chi connectivity index (χ2n) is 7.85. The Morgan fingerprint density at radius 1 is 1.07 bits per heavy atom. The minimum absolute atomic E-state index is 0.135. The molecule has 0 radical (unpaired) electrons. The summed E-state index contributed by atoms with van der Waals surface area (Å²) in [6.07, 6.45) is 2.82. The highest BCUT2D eigenvalue weighted by Crippen LogP contribution is 2.39. The van der Waals surface area contributed by atoms with Gasteiger partial charge < -0.3 is 14.1 Å². The number of hydrogen-bond donors (Lipinski definition) is 0. The summed E-state index contributed by atoms with van der Waals surface area (Å²) in [5, 5.41) is 0.514. The molecule has 156 valence electrons. The SMILES string of the molecule is CCCCOc1cccc(C2c3c(oc4ccc(C)cc4c3=O)C(=O)N2CCC)c1. The first-order valence-electron chi connectivity index (χ1n) is 10.7. The summed E-state index contributed by atoms with van der Waals surface area (Å²) in [6.45, 7) is 7.27. The van der Waals surface area contributed by atoms with E-state index in [-0.39, 0.29) is 17.1 Å². The molecule has 0 saturated heterocycles. The van der Waals surface area contributed by atoms with Gasteiger partial charge in [-0.3, -0.25) is 9.59 Å². The summed E-state index contributed by atoms with van der Waals surface area (Å²) in [5.74, 6) is 0.681. The minimum Gasteiger partial charge on any atom is -0.494 e. The summed E-state index contributed by atoms with van der Waals surface area (Å²) in [6, 6.07) is 12.7. The third kappa shape index (κ3) is 3.49. The summed E-state index contributed by atoms with van der Waals surface area (Å²) < 4.78 is 11.8. The van der Waals surface area contributed by atoms with Gasteiger partial charge in [-0.1, -0.05) is 44.0 Å². The Morgan fingerprint density at radius 3 is 2.67 bits per heavy atom. The molecule has 0 fully saturated rings. The van der Waals surface area contributed by atoms with Crippen LogP contribution in [0.15, 0.2) is 51.7 Å². The molecule has 0 aliphatic carbocycles. The number of fused-ring (bicyclic) bond motifs is 2. The maximum atomic E-state index is 13.5.